The Morgan fingerprint density at radius 1 is 1.19 bits per heavy atom. The van der Waals surface area contributed by atoms with Crippen molar-refractivity contribution in [3.63, 3.8) is 0 Å². The highest BCUT2D eigenvalue weighted by molar-refractivity contribution is 5.93. The van der Waals surface area contributed by atoms with E-state index in [0.29, 0.717) is 31.1 Å². The summed E-state index contributed by atoms with van der Waals surface area (Å²) < 4.78 is 5.22. The zero-order valence-electron chi connectivity index (χ0n) is 13.8. The first kappa shape index (κ1) is 17.2. The van der Waals surface area contributed by atoms with Gasteiger partial charge in [-0.25, -0.2) is 10.5 Å². The fourth-order valence-electron chi connectivity index (χ4n) is 2.22. The maximum Gasteiger partial charge on any atom is 0.273 e. The van der Waals surface area contributed by atoms with Crippen LogP contribution in [0.25, 0.3) is 11.3 Å². The van der Waals surface area contributed by atoms with E-state index in [2.05, 4.69) is 30.9 Å². The van der Waals surface area contributed by atoms with Crippen LogP contribution in [0.1, 0.15) is 16.9 Å². The van der Waals surface area contributed by atoms with Crippen LogP contribution in [-0.2, 0) is 0 Å². The summed E-state index contributed by atoms with van der Waals surface area (Å²) >= 11 is 0. The minimum Gasteiger partial charge on any atom is -0.370 e. The molecule has 2 aromatic heterocycles. The number of hydrogen-bond donors (Lipinski definition) is 3. The third-order valence-corrected chi connectivity index (χ3v) is 3.49. The number of carbonyl (C=O) groups excluding carboxylic acids is 1. The number of nitrogens with zero attached hydrogens (tertiary/aromatic N) is 4. The molecule has 26 heavy (non-hydrogen) atoms. The number of anilines is 1. The standard InChI is InChI=1S/C17H17N7O2/c18-23-17-21-10-7-15(22-17)19-8-4-9-20-16(25)13-11-14(26-24-13)12-5-2-1-3-6-12/h1-3,5-7,10-11,18H,4,8-9H2,(H,20,25)(H,19,21,22). The molecule has 3 rings (SSSR count). The van der Waals surface area contributed by atoms with Crippen molar-refractivity contribution in [1.82, 2.24) is 20.4 Å². The zero-order valence-corrected chi connectivity index (χ0v) is 13.8. The molecule has 3 aromatic rings. The Morgan fingerprint density at radius 2 is 2.04 bits per heavy atom. The summed E-state index contributed by atoms with van der Waals surface area (Å²) in [6.45, 7) is 1.07. The topological polar surface area (TPSA) is 129 Å². The van der Waals surface area contributed by atoms with Crippen LogP contribution in [-0.4, -0.2) is 34.1 Å². The number of nitrogens with one attached hydrogen (secondary N) is 3. The van der Waals surface area contributed by atoms with Gasteiger partial charge in [0.1, 0.15) is 5.82 Å². The lowest BCUT2D eigenvalue weighted by molar-refractivity contribution is 0.0944. The Morgan fingerprint density at radius 3 is 2.85 bits per heavy atom. The van der Waals surface area contributed by atoms with Gasteiger partial charge in [0, 0.05) is 30.9 Å². The highest BCUT2D eigenvalue weighted by Gasteiger charge is 2.12. The first-order valence-corrected chi connectivity index (χ1v) is 8.01. The first-order chi connectivity index (χ1) is 12.8. The van der Waals surface area contributed by atoms with Crippen LogP contribution in [0.4, 0.5) is 11.8 Å². The van der Waals surface area contributed by atoms with Gasteiger partial charge in [-0.3, -0.25) is 4.79 Å². The van der Waals surface area contributed by atoms with Crippen molar-refractivity contribution in [3.8, 4) is 11.3 Å². The molecule has 0 radical (unpaired) electrons. The van der Waals surface area contributed by atoms with Crippen LogP contribution in [0.15, 0.2) is 58.3 Å². The van der Waals surface area contributed by atoms with E-state index in [1.165, 1.54) is 6.20 Å². The van der Waals surface area contributed by atoms with Crippen molar-refractivity contribution in [2.75, 3.05) is 18.4 Å². The van der Waals surface area contributed by atoms with E-state index in [-0.39, 0.29) is 17.5 Å². The van der Waals surface area contributed by atoms with Crippen LogP contribution in [0.5, 0.6) is 0 Å². The Balaban J connectivity index is 1.43. The number of rotatable bonds is 8. The van der Waals surface area contributed by atoms with Gasteiger partial charge in [-0.15, -0.1) is 5.11 Å². The van der Waals surface area contributed by atoms with Gasteiger partial charge in [-0.1, -0.05) is 35.5 Å². The average molecular weight is 351 g/mol. The lowest BCUT2D eigenvalue weighted by atomic mass is 10.1. The number of aromatic nitrogens is 3. The van der Waals surface area contributed by atoms with E-state index in [0.717, 1.165) is 5.56 Å². The maximum absolute atomic E-state index is 12.1. The van der Waals surface area contributed by atoms with Crippen LogP contribution in [0, 0.1) is 5.53 Å². The smallest absolute Gasteiger partial charge is 0.273 e. The Hall–Kier alpha value is -3.62. The second-order valence-electron chi connectivity index (χ2n) is 5.33. The quantitative estimate of drug-likeness (QED) is 0.422. The molecule has 2 heterocycles. The molecule has 0 atom stereocenters. The highest BCUT2D eigenvalue weighted by Crippen LogP contribution is 2.19. The lowest BCUT2D eigenvalue weighted by Gasteiger charge is -2.06. The Bertz CT molecular complexity index is 880. The third-order valence-electron chi connectivity index (χ3n) is 3.49. The number of amides is 1. The zero-order chi connectivity index (χ0) is 18.2. The molecule has 0 saturated heterocycles. The van der Waals surface area contributed by atoms with E-state index in [4.69, 9.17) is 10.1 Å². The molecule has 0 fully saturated rings. The van der Waals surface area contributed by atoms with E-state index in [1.807, 2.05) is 30.3 Å². The molecule has 0 spiro atoms. The largest absolute Gasteiger partial charge is 0.370 e. The summed E-state index contributed by atoms with van der Waals surface area (Å²) in [5.41, 5.74) is 7.99. The fraction of sp³-hybridized carbons (Fsp3) is 0.176. The number of carbonyl (C=O) groups is 1. The van der Waals surface area contributed by atoms with Crippen molar-refractivity contribution >= 4 is 17.7 Å². The van der Waals surface area contributed by atoms with Crippen LogP contribution in [0.3, 0.4) is 0 Å². The van der Waals surface area contributed by atoms with Crippen LogP contribution < -0.4 is 10.6 Å². The van der Waals surface area contributed by atoms with Crippen molar-refractivity contribution in [2.24, 2.45) is 5.11 Å². The van der Waals surface area contributed by atoms with E-state index < -0.39 is 0 Å². The predicted octanol–water partition coefficient (Wildman–Crippen LogP) is 3.03. The Labute approximate surface area is 149 Å². The minimum atomic E-state index is -0.284. The van der Waals surface area contributed by atoms with Crippen molar-refractivity contribution in [2.45, 2.75) is 6.42 Å². The molecule has 9 heteroatoms. The molecular formula is C17H17N7O2. The number of hydrogen-bond acceptors (Lipinski definition) is 8. The summed E-state index contributed by atoms with van der Waals surface area (Å²) in [5, 5.41) is 12.8. The second-order valence-corrected chi connectivity index (χ2v) is 5.33. The third kappa shape index (κ3) is 4.47. The van der Waals surface area contributed by atoms with Gasteiger partial charge in [-0.05, 0) is 12.5 Å². The molecule has 0 unspecified atom stereocenters. The normalized spacial score (nSPS) is 10.3. The predicted molar refractivity (Wildman–Crippen MR) is 94.2 cm³/mol. The molecule has 1 amide bonds. The van der Waals surface area contributed by atoms with Gasteiger partial charge in [-0.2, -0.15) is 4.98 Å². The summed E-state index contributed by atoms with van der Waals surface area (Å²) in [4.78, 5) is 19.9. The van der Waals surface area contributed by atoms with E-state index >= 15 is 0 Å². The fourth-order valence-corrected chi connectivity index (χ4v) is 2.22. The lowest BCUT2D eigenvalue weighted by Crippen LogP contribution is -2.26. The first-order valence-electron chi connectivity index (χ1n) is 8.01. The molecule has 0 aliphatic carbocycles. The van der Waals surface area contributed by atoms with Gasteiger partial charge >= 0.3 is 0 Å². The van der Waals surface area contributed by atoms with Gasteiger partial charge in [0.15, 0.2) is 11.5 Å². The van der Waals surface area contributed by atoms with E-state index in [1.54, 1.807) is 12.1 Å². The van der Waals surface area contributed by atoms with Gasteiger partial charge < -0.3 is 15.2 Å². The molecular weight excluding hydrogens is 334 g/mol. The van der Waals surface area contributed by atoms with Crippen molar-refractivity contribution < 1.29 is 9.32 Å². The van der Waals surface area contributed by atoms with E-state index in [9.17, 15) is 4.79 Å². The second kappa shape index (κ2) is 8.47. The Kier molecular flexibility index (Phi) is 5.61. The summed E-state index contributed by atoms with van der Waals surface area (Å²) in [5.74, 6) is 0.954. The number of benzene rings is 1. The minimum absolute atomic E-state index is 0.101. The summed E-state index contributed by atoms with van der Waals surface area (Å²) in [6, 6.07) is 12.8. The summed E-state index contributed by atoms with van der Waals surface area (Å²) in [6.07, 6.45) is 2.21. The molecule has 0 saturated carbocycles. The molecule has 132 valence electrons. The monoisotopic (exact) mass is 351 g/mol. The molecule has 1 aromatic carbocycles. The highest BCUT2D eigenvalue weighted by atomic mass is 16.5. The summed E-state index contributed by atoms with van der Waals surface area (Å²) in [7, 11) is 0. The molecule has 9 nitrogen and oxygen atoms in total. The molecule has 3 N–H and O–H groups in total. The van der Waals surface area contributed by atoms with Crippen LogP contribution in [0.2, 0.25) is 0 Å². The molecule has 0 aliphatic rings. The SMILES string of the molecule is N=Nc1nccc(NCCCNC(=O)c2cc(-c3ccccc3)on2)n1. The van der Waals surface area contributed by atoms with Crippen LogP contribution >= 0.6 is 0 Å². The van der Waals surface area contributed by atoms with Gasteiger partial charge in [0.05, 0.1) is 0 Å². The maximum atomic E-state index is 12.1. The average Bonchev–Trinajstić information content (AvgIpc) is 3.19. The molecule has 0 bridgehead atoms. The van der Waals surface area contributed by atoms with Crippen molar-refractivity contribution in [1.29, 1.82) is 5.53 Å². The van der Waals surface area contributed by atoms with Gasteiger partial charge in [0.25, 0.3) is 11.9 Å². The van der Waals surface area contributed by atoms with Crippen molar-refractivity contribution in [3.05, 3.63) is 54.4 Å². The van der Waals surface area contributed by atoms with Gasteiger partial charge in [0.2, 0.25) is 0 Å². The molecule has 0 aliphatic heterocycles.